The lowest BCUT2D eigenvalue weighted by atomic mass is 9.90. The minimum Gasteiger partial charge on any atom is -0.319 e. The molecular formula is C18H20ClFN2O. The fourth-order valence-corrected chi connectivity index (χ4v) is 3.32. The van der Waals surface area contributed by atoms with E-state index in [-0.39, 0.29) is 11.4 Å². The Morgan fingerprint density at radius 2 is 1.96 bits per heavy atom. The summed E-state index contributed by atoms with van der Waals surface area (Å²) in [7, 11) is 1.76. The van der Waals surface area contributed by atoms with Gasteiger partial charge in [-0.3, -0.25) is 9.69 Å². The molecule has 0 amide bonds. The second-order valence-corrected chi connectivity index (χ2v) is 6.60. The third-order valence-corrected chi connectivity index (χ3v) is 4.96. The summed E-state index contributed by atoms with van der Waals surface area (Å²) in [5.74, 6) is 0.169. The minimum absolute atomic E-state index is 0.0384. The lowest BCUT2D eigenvalue weighted by molar-refractivity contribution is 0.204. The lowest BCUT2D eigenvalue weighted by Crippen LogP contribution is -2.33. The summed E-state index contributed by atoms with van der Waals surface area (Å²) in [5, 5.41) is 0.611. The molecule has 23 heavy (non-hydrogen) atoms. The van der Waals surface area contributed by atoms with E-state index in [0.29, 0.717) is 17.5 Å². The van der Waals surface area contributed by atoms with Crippen molar-refractivity contribution in [3.8, 4) is 0 Å². The smallest absolute Gasteiger partial charge is 0.250 e. The SMILES string of the molecule is Cn1ccc(C2CCN(Cc3cc(F)ccc3Cl)CC2)cc1=O. The average Bonchev–Trinajstić information content (AvgIpc) is 2.54. The van der Waals surface area contributed by atoms with Crippen LogP contribution >= 0.6 is 11.6 Å². The van der Waals surface area contributed by atoms with Crippen LogP contribution in [0.15, 0.2) is 41.3 Å². The van der Waals surface area contributed by atoms with Crippen LogP contribution in [0.2, 0.25) is 5.02 Å². The molecule has 0 radical (unpaired) electrons. The van der Waals surface area contributed by atoms with E-state index in [1.54, 1.807) is 23.7 Å². The van der Waals surface area contributed by atoms with Crippen molar-refractivity contribution in [3.63, 3.8) is 0 Å². The van der Waals surface area contributed by atoms with E-state index in [2.05, 4.69) is 4.90 Å². The maximum absolute atomic E-state index is 13.3. The van der Waals surface area contributed by atoms with Crippen molar-refractivity contribution >= 4 is 11.6 Å². The number of piperidine rings is 1. The molecule has 0 aliphatic carbocycles. The topological polar surface area (TPSA) is 25.2 Å². The standard InChI is InChI=1S/C18H20ClFN2O/c1-21-7-4-14(11-18(21)23)13-5-8-22(9-6-13)12-15-10-16(20)2-3-17(15)19/h2-4,7,10-11,13H,5-6,8-9,12H2,1H3. The van der Waals surface area contributed by atoms with Gasteiger partial charge in [0.1, 0.15) is 5.82 Å². The van der Waals surface area contributed by atoms with Gasteiger partial charge in [0, 0.05) is 30.9 Å². The van der Waals surface area contributed by atoms with Gasteiger partial charge < -0.3 is 4.57 Å². The molecule has 1 aromatic carbocycles. The number of rotatable bonds is 3. The Hall–Kier alpha value is -1.65. The fourth-order valence-electron chi connectivity index (χ4n) is 3.15. The maximum Gasteiger partial charge on any atom is 0.250 e. The highest BCUT2D eigenvalue weighted by Crippen LogP contribution is 2.28. The first-order valence-electron chi connectivity index (χ1n) is 7.86. The molecule has 0 saturated carbocycles. The summed E-state index contributed by atoms with van der Waals surface area (Å²) in [6.45, 7) is 2.51. The molecule has 3 rings (SSSR count). The number of halogens is 2. The van der Waals surface area contributed by atoms with Gasteiger partial charge in [0.25, 0.3) is 5.56 Å². The summed E-state index contributed by atoms with van der Waals surface area (Å²) in [5.41, 5.74) is 1.99. The zero-order valence-electron chi connectivity index (χ0n) is 13.1. The quantitative estimate of drug-likeness (QED) is 0.857. The molecule has 0 spiro atoms. The van der Waals surface area contributed by atoms with E-state index in [4.69, 9.17) is 11.6 Å². The van der Waals surface area contributed by atoms with Gasteiger partial charge in [0.15, 0.2) is 0 Å². The Kier molecular flexibility index (Phi) is 4.83. The molecule has 0 unspecified atom stereocenters. The Morgan fingerprint density at radius 3 is 2.65 bits per heavy atom. The molecule has 1 aromatic heterocycles. The van der Waals surface area contributed by atoms with Crippen molar-refractivity contribution in [1.82, 2.24) is 9.47 Å². The number of aryl methyl sites for hydroxylation is 1. The number of hydrogen-bond donors (Lipinski definition) is 0. The lowest BCUT2D eigenvalue weighted by Gasteiger charge is -2.32. The van der Waals surface area contributed by atoms with Gasteiger partial charge >= 0.3 is 0 Å². The van der Waals surface area contributed by atoms with Gasteiger partial charge in [-0.2, -0.15) is 0 Å². The molecule has 1 saturated heterocycles. The molecule has 1 aliphatic rings. The van der Waals surface area contributed by atoms with Crippen LogP contribution in [0.1, 0.15) is 29.9 Å². The second-order valence-electron chi connectivity index (χ2n) is 6.20. The maximum atomic E-state index is 13.3. The van der Waals surface area contributed by atoms with Crippen molar-refractivity contribution in [2.24, 2.45) is 7.05 Å². The molecule has 2 heterocycles. The highest BCUT2D eigenvalue weighted by Gasteiger charge is 2.21. The first-order valence-corrected chi connectivity index (χ1v) is 8.23. The van der Waals surface area contributed by atoms with Crippen LogP contribution in [0, 0.1) is 5.82 Å². The largest absolute Gasteiger partial charge is 0.319 e. The predicted molar refractivity (Wildman–Crippen MR) is 90.3 cm³/mol. The van der Waals surface area contributed by atoms with Crippen LogP contribution in [0.4, 0.5) is 4.39 Å². The Morgan fingerprint density at radius 1 is 1.22 bits per heavy atom. The Labute approximate surface area is 140 Å². The van der Waals surface area contributed by atoms with Gasteiger partial charge in [-0.15, -0.1) is 0 Å². The normalized spacial score (nSPS) is 16.7. The van der Waals surface area contributed by atoms with Gasteiger partial charge in [-0.25, -0.2) is 4.39 Å². The molecule has 3 nitrogen and oxygen atoms in total. The van der Waals surface area contributed by atoms with E-state index >= 15 is 0 Å². The number of benzene rings is 1. The van der Waals surface area contributed by atoms with Crippen LogP contribution in [-0.4, -0.2) is 22.6 Å². The van der Waals surface area contributed by atoms with E-state index in [1.165, 1.54) is 12.1 Å². The van der Waals surface area contributed by atoms with Gasteiger partial charge in [-0.05, 0) is 67.2 Å². The zero-order valence-corrected chi connectivity index (χ0v) is 13.9. The molecule has 2 aromatic rings. The number of aromatic nitrogens is 1. The monoisotopic (exact) mass is 334 g/mol. The predicted octanol–water partition coefficient (Wildman–Crippen LogP) is 3.56. The number of hydrogen-bond acceptors (Lipinski definition) is 2. The molecular weight excluding hydrogens is 315 g/mol. The van der Waals surface area contributed by atoms with Crippen molar-refractivity contribution in [3.05, 3.63) is 68.8 Å². The zero-order chi connectivity index (χ0) is 16.4. The molecule has 0 atom stereocenters. The number of pyridine rings is 1. The van der Waals surface area contributed by atoms with E-state index in [0.717, 1.165) is 37.1 Å². The second kappa shape index (κ2) is 6.85. The van der Waals surface area contributed by atoms with Gasteiger partial charge in [0.05, 0.1) is 0 Å². The average molecular weight is 335 g/mol. The number of likely N-dealkylation sites (tertiary alicyclic amines) is 1. The van der Waals surface area contributed by atoms with Crippen LogP contribution in [0.3, 0.4) is 0 Å². The summed E-state index contributed by atoms with van der Waals surface area (Å²) in [4.78, 5) is 14.0. The van der Waals surface area contributed by atoms with E-state index in [9.17, 15) is 9.18 Å². The van der Waals surface area contributed by atoms with E-state index < -0.39 is 0 Å². The fraction of sp³-hybridized carbons (Fsp3) is 0.389. The Bertz CT molecular complexity index is 751. The van der Waals surface area contributed by atoms with Gasteiger partial charge in [0.2, 0.25) is 0 Å². The molecule has 0 N–H and O–H groups in total. The van der Waals surface area contributed by atoms with Crippen molar-refractivity contribution in [2.45, 2.75) is 25.3 Å². The van der Waals surface area contributed by atoms with Crippen LogP contribution in [-0.2, 0) is 13.6 Å². The summed E-state index contributed by atoms with van der Waals surface area (Å²) in [6.07, 6.45) is 3.83. The van der Waals surface area contributed by atoms with Crippen molar-refractivity contribution in [1.29, 1.82) is 0 Å². The van der Waals surface area contributed by atoms with Crippen LogP contribution < -0.4 is 5.56 Å². The molecule has 0 bridgehead atoms. The first-order chi connectivity index (χ1) is 11.0. The third-order valence-electron chi connectivity index (χ3n) is 4.59. The number of nitrogens with zero attached hydrogens (tertiary/aromatic N) is 2. The van der Waals surface area contributed by atoms with Crippen LogP contribution in [0.5, 0.6) is 0 Å². The van der Waals surface area contributed by atoms with Crippen LogP contribution in [0.25, 0.3) is 0 Å². The van der Waals surface area contributed by atoms with Gasteiger partial charge in [-0.1, -0.05) is 11.6 Å². The third kappa shape index (κ3) is 3.82. The summed E-state index contributed by atoms with van der Waals surface area (Å²) >= 11 is 6.14. The molecule has 1 aliphatic heterocycles. The van der Waals surface area contributed by atoms with Crippen molar-refractivity contribution < 1.29 is 4.39 Å². The first kappa shape index (κ1) is 16.2. The molecule has 1 fully saturated rings. The highest BCUT2D eigenvalue weighted by molar-refractivity contribution is 6.31. The Balaban J connectivity index is 1.63. The summed E-state index contributed by atoms with van der Waals surface area (Å²) < 4.78 is 14.9. The highest BCUT2D eigenvalue weighted by atomic mass is 35.5. The van der Waals surface area contributed by atoms with E-state index in [1.807, 2.05) is 12.3 Å². The molecule has 122 valence electrons. The van der Waals surface area contributed by atoms with Crippen molar-refractivity contribution in [2.75, 3.05) is 13.1 Å². The minimum atomic E-state index is -0.251. The summed E-state index contributed by atoms with van der Waals surface area (Å²) in [6, 6.07) is 8.27. The molecule has 5 heteroatoms.